The first-order valence-corrected chi connectivity index (χ1v) is 7.98. The largest absolute Gasteiger partial charge is 0.384 e. The number of nitro benzene ring substituents is 1. The Balaban J connectivity index is 3.08. The van der Waals surface area contributed by atoms with Gasteiger partial charge >= 0.3 is 0 Å². The summed E-state index contributed by atoms with van der Waals surface area (Å²) in [7, 11) is -2.32. The number of sulfonamides is 1. The monoisotopic (exact) mass is 336 g/mol. The summed E-state index contributed by atoms with van der Waals surface area (Å²) in [6.07, 6.45) is 0. The number of halogens is 1. The number of hydrogen-bond acceptors (Lipinski definition) is 5. The molecule has 1 rings (SSSR count). The molecule has 1 unspecified atom stereocenters. The normalized spacial score (nSPS) is 13.1. The minimum Gasteiger partial charge on any atom is -0.384 e. The highest BCUT2D eigenvalue weighted by atomic mass is 35.5. The highest BCUT2D eigenvalue weighted by Crippen LogP contribution is 2.30. The summed E-state index contributed by atoms with van der Waals surface area (Å²) in [6.45, 7) is 3.93. The second-order valence-corrected chi connectivity index (χ2v) is 6.88. The number of nitro groups is 1. The van der Waals surface area contributed by atoms with Crippen LogP contribution >= 0.6 is 11.6 Å². The van der Waals surface area contributed by atoms with Gasteiger partial charge in [0, 0.05) is 26.3 Å². The Bertz CT molecular complexity index is 633. The molecule has 0 amide bonds. The molecule has 118 valence electrons. The molecule has 0 spiro atoms. The van der Waals surface area contributed by atoms with Crippen LogP contribution in [0.4, 0.5) is 5.69 Å². The molecule has 1 atom stereocenters. The first-order valence-electron chi connectivity index (χ1n) is 6.12. The molecule has 0 fully saturated rings. The topological polar surface area (TPSA) is 98.5 Å². The highest BCUT2D eigenvalue weighted by molar-refractivity contribution is 7.89. The molecule has 0 saturated heterocycles. The van der Waals surface area contributed by atoms with Gasteiger partial charge in [0.1, 0.15) is 5.02 Å². The number of aryl methyl sites for hydroxylation is 1. The van der Waals surface area contributed by atoms with Gasteiger partial charge in [-0.05, 0) is 24.5 Å². The number of nitrogens with zero attached hydrogens (tertiary/aromatic N) is 1. The first kappa shape index (κ1) is 17.8. The molecule has 1 aromatic carbocycles. The first-order chi connectivity index (χ1) is 9.69. The quantitative estimate of drug-likeness (QED) is 0.607. The minimum absolute atomic E-state index is 0.0210. The molecule has 9 heteroatoms. The van der Waals surface area contributed by atoms with E-state index >= 15 is 0 Å². The molecule has 0 aliphatic heterocycles. The summed E-state index contributed by atoms with van der Waals surface area (Å²) in [4.78, 5) is 9.99. The van der Waals surface area contributed by atoms with Gasteiger partial charge in [-0.1, -0.05) is 18.5 Å². The lowest BCUT2D eigenvalue weighted by molar-refractivity contribution is -0.384. The molecule has 21 heavy (non-hydrogen) atoms. The van der Waals surface area contributed by atoms with Crippen LogP contribution in [0.15, 0.2) is 17.0 Å². The van der Waals surface area contributed by atoms with Crippen molar-refractivity contribution in [2.24, 2.45) is 5.92 Å². The number of benzene rings is 1. The summed E-state index contributed by atoms with van der Waals surface area (Å²) in [5.74, 6) is -0.0210. The molecular formula is C12H17ClN2O5S. The van der Waals surface area contributed by atoms with Crippen LogP contribution < -0.4 is 4.72 Å². The van der Waals surface area contributed by atoms with Gasteiger partial charge in [0.15, 0.2) is 0 Å². The van der Waals surface area contributed by atoms with E-state index in [4.69, 9.17) is 16.3 Å². The Hall–Kier alpha value is -1.22. The molecule has 1 aromatic rings. The Morgan fingerprint density at radius 2 is 2.10 bits per heavy atom. The van der Waals surface area contributed by atoms with E-state index < -0.39 is 20.6 Å². The van der Waals surface area contributed by atoms with Gasteiger partial charge in [-0.3, -0.25) is 10.1 Å². The van der Waals surface area contributed by atoms with E-state index in [1.807, 2.05) is 6.92 Å². The zero-order valence-electron chi connectivity index (χ0n) is 11.9. The van der Waals surface area contributed by atoms with Crippen molar-refractivity contribution in [3.05, 3.63) is 32.8 Å². The maximum Gasteiger partial charge on any atom is 0.289 e. The van der Waals surface area contributed by atoms with Crippen molar-refractivity contribution in [3.63, 3.8) is 0 Å². The summed E-state index contributed by atoms with van der Waals surface area (Å²) in [5.41, 5.74) is -0.0925. The van der Waals surface area contributed by atoms with E-state index in [0.29, 0.717) is 12.2 Å². The van der Waals surface area contributed by atoms with Crippen LogP contribution in [0.3, 0.4) is 0 Å². The van der Waals surface area contributed by atoms with Gasteiger partial charge in [-0.25, -0.2) is 13.1 Å². The zero-order valence-corrected chi connectivity index (χ0v) is 13.5. The van der Waals surface area contributed by atoms with Crippen LogP contribution in [-0.2, 0) is 14.8 Å². The second kappa shape index (κ2) is 7.17. The van der Waals surface area contributed by atoms with Crippen molar-refractivity contribution < 1.29 is 18.1 Å². The summed E-state index contributed by atoms with van der Waals surface area (Å²) >= 11 is 5.74. The summed E-state index contributed by atoms with van der Waals surface area (Å²) in [5, 5.41) is 10.8. The lowest BCUT2D eigenvalue weighted by Crippen LogP contribution is -2.30. The van der Waals surface area contributed by atoms with Crippen molar-refractivity contribution in [2.45, 2.75) is 18.7 Å². The molecule has 7 nitrogen and oxygen atoms in total. The third-order valence-electron chi connectivity index (χ3n) is 2.80. The molecule has 0 aliphatic carbocycles. The predicted octanol–water partition coefficient (Wildman–Crippen LogP) is 2.12. The van der Waals surface area contributed by atoms with E-state index in [0.717, 1.165) is 6.07 Å². The number of hydrogen-bond donors (Lipinski definition) is 1. The van der Waals surface area contributed by atoms with Crippen molar-refractivity contribution >= 4 is 27.3 Å². The Morgan fingerprint density at radius 3 is 2.62 bits per heavy atom. The number of rotatable bonds is 7. The Morgan fingerprint density at radius 1 is 1.48 bits per heavy atom. The molecule has 1 N–H and O–H groups in total. The fourth-order valence-electron chi connectivity index (χ4n) is 1.74. The molecule has 0 bridgehead atoms. The van der Waals surface area contributed by atoms with Gasteiger partial charge < -0.3 is 4.74 Å². The fourth-order valence-corrected chi connectivity index (χ4v) is 3.44. The van der Waals surface area contributed by atoms with Gasteiger partial charge in [-0.2, -0.15) is 0 Å². The maximum absolute atomic E-state index is 12.2. The van der Waals surface area contributed by atoms with E-state index in [1.54, 1.807) is 0 Å². The third kappa shape index (κ3) is 4.63. The molecule has 0 saturated carbocycles. The van der Waals surface area contributed by atoms with Crippen LogP contribution in [0.5, 0.6) is 0 Å². The number of ether oxygens (including phenoxy) is 1. The Kier molecular flexibility index (Phi) is 6.09. The molecule has 0 radical (unpaired) electrons. The SMILES string of the molecule is COCC(C)CNS(=O)(=O)c1cc([N+](=O)[O-])c(Cl)cc1C. The molecule has 0 aliphatic rings. The lowest BCUT2D eigenvalue weighted by atomic mass is 10.2. The van der Waals surface area contributed by atoms with Crippen LogP contribution in [0.2, 0.25) is 5.02 Å². The van der Waals surface area contributed by atoms with Gasteiger partial charge in [0.25, 0.3) is 5.69 Å². The van der Waals surface area contributed by atoms with Gasteiger partial charge in [0.2, 0.25) is 10.0 Å². The van der Waals surface area contributed by atoms with Gasteiger partial charge in [-0.15, -0.1) is 0 Å². The highest BCUT2D eigenvalue weighted by Gasteiger charge is 2.23. The predicted molar refractivity (Wildman–Crippen MR) is 79.1 cm³/mol. The van der Waals surface area contributed by atoms with Crippen LogP contribution in [0.25, 0.3) is 0 Å². The molecule has 0 heterocycles. The Labute approximate surface area is 128 Å². The van der Waals surface area contributed by atoms with Crippen LogP contribution in [0, 0.1) is 23.0 Å². The molecular weight excluding hydrogens is 320 g/mol. The van der Waals surface area contributed by atoms with Crippen molar-refractivity contribution in [1.29, 1.82) is 0 Å². The fraction of sp³-hybridized carbons (Fsp3) is 0.500. The third-order valence-corrected chi connectivity index (χ3v) is 4.67. The standard InChI is InChI=1S/C12H17ClN2O5S/c1-8(7-20-3)6-14-21(18,19)12-5-11(15(16)17)10(13)4-9(12)2/h4-5,8,14H,6-7H2,1-3H3. The van der Waals surface area contributed by atoms with Crippen molar-refractivity contribution in [1.82, 2.24) is 4.72 Å². The van der Waals surface area contributed by atoms with E-state index in [-0.39, 0.29) is 22.4 Å². The minimum atomic E-state index is -3.85. The lowest BCUT2D eigenvalue weighted by Gasteiger charge is -2.13. The van der Waals surface area contributed by atoms with Crippen LogP contribution in [-0.4, -0.2) is 33.6 Å². The van der Waals surface area contributed by atoms with E-state index in [2.05, 4.69) is 4.72 Å². The number of methoxy groups -OCH3 is 1. The van der Waals surface area contributed by atoms with E-state index in [1.165, 1.54) is 20.1 Å². The molecule has 0 aromatic heterocycles. The average molecular weight is 337 g/mol. The summed E-state index contributed by atoms with van der Waals surface area (Å²) in [6, 6.07) is 2.24. The maximum atomic E-state index is 12.2. The average Bonchev–Trinajstić information content (AvgIpc) is 2.36. The van der Waals surface area contributed by atoms with Crippen molar-refractivity contribution in [2.75, 3.05) is 20.3 Å². The zero-order chi connectivity index (χ0) is 16.2. The second-order valence-electron chi connectivity index (χ2n) is 4.74. The number of nitrogens with one attached hydrogen (secondary N) is 1. The van der Waals surface area contributed by atoms with Crippen molar-refractivity contribution in [3.8, 4) is 0 Å². The van der Waals surface area contributed by atoms with E-state index in [9.17, 15) is 18.5 Å². The summed E-state index contributed by atoms with van der Waals surface area (Å²) < 4.78 is 31.8. The van der Waals surface area contributed by atoms with Gasteiger partial charge in [0.05, 0.1) is 9.82 Å². The van der Waals surface area contributed by atoms with Crippen LogP contribution in [0.1, 0.15) is 12.5 Å². The smallest absolute Gasteiger partial charge is 0.289 e.